The fraction of sp³-hybridized carbons (Fsp3) is 0.300. The smallest absolute Gasteiger partial charge is 0.323 e. The Morgan fingerprint density at radius 2 is 1.89 bits per heavy atom. The second-order valence-corrected chi connectivity index (χ2v) is 6.75. The van der Waals surface area contributed by atoms with Crippen molar-refractivity contribution in [3.8, 4) is 11.3 Å². The molecule has 0 aliphatic heterocycles. The Kier molecular flexibility index (Phi) is 4.94. The van der Waals surface area contributed by atoms with Gasteiger partial charge in [0, 0.05) is 18.7 Å². The van der Waals surface area contributed by atoms with E-state index in [2.05, 4.69) is 10.1 Å². The molecule has 0 saturated heterocycles. The van der Waals surface area contributed by atoms with E-state index in [1.807, 2.05) is 37.3 Å². The molecule has 3 rings (SSSR count). The third-order valence-corrected chi connectivity index (χ3v) is 4.46. The highest BCUT2D eigenvalue weighted by Gasteiger charge is 2.26. The number of aliphatic carboxylic acids is 1. The Morgan fingerprint density at radius 1 is 1.22 bits per heavy atom. The fourth-order valence-electron chi connectivity index (χ4n) is 3.16. The summed E-state index contributed by atoms with van der Waals surface area (Å²) in [5, 5.41) is 14.3. The fourth-order valence-corrected chi connectivity index (χ4v) is 3.16. The van der Waals surface area contributed by atoms with Gasteiger partial charge in [0.1, 0.15) is 6.54 Å². The summed E-state index contributed by atoms with van der Waals surface area (Å²) < 4.78 is 1.64. The summed E-state index contributed by atoms with van der Waals surface area (Å²) in [5.74, 6) is -1.39. The molecule has 0 saturated carbocycles. The molecule has 7 nitrogen and oxygen atoms in total. The highest BCUT2D eigenvalue weighted by molar-refractivity contribution is 6.08. The zero-order chi connectivity index (χ0) is 19.7. The molecule has 0 atom stereocenters. The molecule has 1 aromatic carbocycles. The summed E-state index contributed by atoms with van der Waals surface area (Å²) >= 11 is 0. The number of amides is 1. The quantitative estimate of drug-likeness (QED) is 0.750. The molecule has 0 fully saturated rings. The number of carbonyl (C=O) groups is 2. The van der Waals surface area contributed by atoms with Crippen molar-refractivity contribution in [1.29, 1.82) is 0 Å². The van der Waals surface area contributed by atoms with E-state index >= 15 is 0 Å². The predicted molar refractivity (Wildman–Crippen MR) is 102 cm³/mol. The lowest BCUT2D eigenvalue weighted by atomic mass is 10.0. The van der Waals surface area contributed by atoms with Crippen LogP contribution in [0.4, 0.5) is 0 Å². The summed E-state index contributed by atoms with van der Waals surface area (Å²) in [4.78, 5) is 30.6. The summed E-state index contributed by atoms with van der Waals surface area (Å²) in [6.07, 6.45) is 0. The maximum absolute atomic E-state index is 13.3. The molecule has 27 heavy (non-hydrogen) atoms. The molecule has 0 bridgehead atoms. The van der Waals surface area contributed by atoms with Gasteiger partial charge in [-0.05, 0) is 26.8 Å². The van der Waals surface area contributed by atoms with Crippen LogP contribution in [-0.2, 0) is 11.8 Å². The van der Waals surface area contributed by atoms with Crippen LogP contribution in [0.25, 0.3) is 22.3 Å². The number of hydrogen-bond acceptors (Lipinski definition) is 4. The van der Waals surface area contributed by atoms with E-state index < -0.39 is 5.97 Å². The van der Waals surface area contributed by atoms with Crippen LogP contribution in [-0.4, -0.2) is 49.2 Å². The van der Waals surface area contributed by atoms with Crippen LogP contribution in [0.3, 0.4) is 0 Å². The maximum Gasteiger partial charge on any atom is 0.323 e. The van der Waals surface area contributed by atoms with Crippen LogP contribution >= 0.6 is 0 Å². The van der Waals surface area contributed by atoms with E-state index in [1.165, 1.54) is 4.90 Å². The average molecular weight is 366 g/mol. The second-order valence-electron chi connectivity index (χ2n) is 6.75. The third kappa shape index (κ3) is 3.53. The lowest BCUT2D eigenvalue weighted by molar-refractivity contribution is -0.138. The first-order valence-corrected chi connectivity index (χ1v) is 8.72. The van der Waals surface area contributed by atoms with Gasteiger partial charge >= 0.3 is 5.97 Å². The Labute approximate surface area is 157 Å². The van der Waals surface area contributed by atoms with Crippen molar-refractivity contribution >= 4 is 22.9 Å². The third-order valence-electron chi connectivity index (χ3n) is 4.46. The van der Waals surface area contributed by atoms with Crippen molar-refractivity contribution in [1.82, 2.24) is 19.7 Å². The molecule has 1 amide bonds. The van der Waals surface area contributed by atoms with E-state index in [0.29, 0.717) is 28.0 Å². The SMILES string of the molecule is Cc1nn(C)c2nc(-c3ccccc3)cc(C(=O)N(CC(=O)O)C(C)C)c12. The van der Waals surface area contributed by atoms with Crippen LogP contribution in [0.1, 0.15) is 29.9 Å². The van der Waals surface area contributed by atoms with E-state index in [0.717, 1.165) is 5.56 Å². The molecule has 0 aliphatic carbocycles. The standard InChI is InChI=1S/C20H22N4O3/c1-12(2)24(11-17(25)26)20(27)15-10-16(14-8-6-5-7-9-14)21-19-18(15)13(3)22-23(19)4/h5-10,12H,11H2,1-4H3,(H,25,26). The molecule has 0 unspecified atom stereocenters. The number of hydrogen-bond donors (Lipinski definition) is 1. The van der Waals surface area contributed by atoms with Crippen LogP contribution in [0.5, 0.6) is 0 Å². The van der Waals surface area contributed by atoms with Crippen molar-refractivity contribution in [3.05, 3.63) is 47.7 Å². The number of aromatic nitrogens is 3. The zero-order valence-corrected chi connectivity index (χ0v) is 15.8. The summed E-state index contributed by atoms with van der Waals surface area (Å²) in [6.45, 7) is 5.06. The van der Waals surface area contributed by atoms with E-state index in [-0.39, 0.29) is 18.5 Å². The lowest BCUT2D eigenvalue weighted by Gasteiger charge is -2.25. The van der Waals surface area contributed by atoms with Crippen molar-refractivity contribution in [2.24, 2.45) is 7.05 Å². The van der Waals surface area contributed by atoms with Gasteiger partial charge in [-0.25, -0.2) is 4.98 Å². The van der Waals surface area contributed by atoms with Gasteiger partial charge in [-0.2, -0.15) is 5.10 Å². The molecule has 1 N–H and O–H groups in total. The number of rotatable bonds is 5. The topological polar surface area (TPSA) is 88.3 Å². The molecule has 7 heteroatoms. The Bertz CT molecular complexity index is 1010. The van der Waals surface area contributed by atoms with Gasteiger partial charge in [0.15, 0.2) is 5.65 Å². The minimum atomic E-state index is -1.05. The van der Waals surface area contributed by atoms with Gasteiger partial charge in [0.2, 0.25) is 0 Å². The normalized spacial score (nSPS) is 11.1. The molecule has 0 radical (unpaired) electrons. The summed E-state index contributed by atoms with van der Waals surface area (Å²) in [5.41, 5.74) is 3.22. The van der Waals surface area contributed by atoms with Crippen molar-refractivity contribution in [2.45, 2.75) is 26.8 Å². The summed E-state index contributed by atoms with van der Waals surface area (Å²) in [7, 11) is 1.78. The van der Waals surface area contributed by atoms with Crippen molar-refractivity contribution < 1.29 is 14.7 Å². The lowest BCUT2D eigenvalue weighted by Crippen LogP contribution is -2.40. The van der Waals surface area contributed by atoms with Gasteiger partial charge in [-0.1, -0.05) is 30.3 Å². The van der Waals surface area contributed by atoms with Gasteiger partial charge in [0.25, 0.3) is 5.91 Å². The van der Waals surface area contributed by atoms with Crippen LogP contribution in [0, 0.1) is 6.92 Å². The van der Waals surface area contributed by atoms with Crippen LogP contribution < -0.4 is 0 Å². The number of carbonyl (C=O) groups excluding carboxylic acids is 1. The highest BCUT2D eigenvalue weighted by atomic mass is 16.4. The second kappa shape index (κ2) is 7.19. The average Bonchev–Trinajstić information content (AvgIpc) is 2.93. The number of carboxylic acids is 1. The minimum Gasteiger partial charge on any atom is -0.480 e. The van der Waals surface area contributed by atoms with Crippen LogP contribution in [0.2, 0.25) is 0 Å². The number of nitrogens with zero attached hydrogens (tertiary/aromatic N) is 4. The number of carboxylic acid groups (broad SMARTS) is 1. The maximum atomic E-state index is 13.3. The Morgan fingerprint density at radius 3 is 2.48 bits per heavy atom. The molecule has 3 aromatic rings. The molecule has 140 valence electrons. The van der Waals surface area contributed by atoms with Gasteiger partial charge in [0.05, 0.1) is 22.3 Å². The van der Waals surface area contributed by atoms with E-state index in [4.69, 9.17) is 0 Å². The van der Waals surface area contributed by atoms with Crippen LogP contribution in [0.15, 0.2) is 36.4 Å². The van der Waals surface area contributed by atoms with E-state index in [9.17, 15) is 14.7 Å². The molecule has 0 spiro atoms. The molecular formula is C20H22N4O3. The summed E-state index contributed by atoms with van der Waals surface area (Å²) in [6, 6.07) is 11.0. The number of aryl methyl sites for hydroxylation is 2. The predicted octanol–water partition coefficient (Wildman–Crippen LogP) is 2.88. The van der Waals surface area contributed by atoms with Gasteiger partial charge in [-0.3, -0.25) is 14.3 Å². The first-order chi connectivity index (χ1) is 12.8. The zero-order valence-electron chi connectivity index (χ0n) is 15.8. The van der Waals surface area contributed by atoms with Gasteiger partial charge < -0.3 is 10.0 Å². The number of pyridine rings is 1. The Balaban J connectivity index is 2.24. The van der Waals surface area contributed by atoms with Crippen molar-refractivity contribution in [2.75, 3.05) is 6.54 Å². The molecule has 0 aliphatic rings. The van der Waals surface area contributed by atoms with E-state index in [1.54, 1.807) is 31.6 Å². The first-order valence-electron chi connectivity index (χ1n) is 8.72. The largest absolute Gasteiger partial charge is 0.480 e. The molecular weight excluding hydrogens is 344 g/mol. The van der Waals surface area contributed by atoms with Crippen molar-refractivity contribution in [3.63, 3.8) is 0 Å². The minimum absolute atomic E-state index is 0.256. The molecule has 2 aromatic heterocycles. The Hall–Kier alpha value is -3.22. The number of benzene rings is 1. The van der Waals surface area contributed by atoms with Gasteiger partial charge in [-0.15, -0.1) is 0 Å². The first kappa shape index (κ1) is 18.6. The molecule has 2 heterocycles. The highest BCUT2D eigenvalue weighted by Crippen LogP contribution is 2.28. The monoisotopic (exact) mass is 366 g/mol. The number of fused-ring (bicyclic) bond motifs is 1.